The molecule has 5 aromatic rings. The van der Waals surface area contributed by atoms with Gasteiger partial charge in [-0.25, -0.2) is 0 Å². The predicted molar refractivity (Wildman–Crippen MR) is 168 cm³/mol. The third kappa shape index (κ3) is 5.24. The molecule has 0 saturated carbocycles. The predicted octanol–water partition coefficient (Wildman–Crippen LogP) is 5.22. The number of quaternary nitrogens is 1. The highest BCUT2D eigenvalue weighted by atomic mass is 79.9. The number of aliphatic hydroxyl groups is 1. The lowest BCUT2D eigenvalue weighted by Crippen LogP contribution is -3.00. The molecule has 0 spiro atoms. The first-order valence-electron chi connectivity index (χ1n) is 14.9. The summed E-state index contributed by atoms with van der Waals surface area (Å²) in [7, 11) is 0. The van der Waals surface area contributed by atoms with Crippen molar-refractivity contribution < 1.29 is 26.6 Å². The molecule has 3 aliphatic heterocycles. The number of fused-ring (bicyclic) bond motifs is 4. The van der Waals surface area contributed by atoms with Crippen LogP contribution in [0.1, 0.15) is 30.1 Å². The van der Waals surface area contributed by atoms with Crippen LogP contribution in [-0.2, 0) is 6.54 Å². The van der Waals surface area contributed by atoms with E-state index in [4.69, 9.17) is 0 Å². The highest BCUT2D eigenvalue weighted by molar-refractivity contribution is 5.82. The maximum absolute atomic E-state index is 12.2. The molecule has 5 atom stereocenters. The van der Waals surface area contributed by atoms with Crippen molar-refractivity contribution in [2.75, 3.05) is 13.1 Å². The Hall–Kier alpha value is -3.57. The molecule has 3 nitrogen and oxygen atoms in total. The summed E-state index contributed by atoms with van der Waals surface area (Å²) in [6, 6.07) is 38.8. The molecule has 0 aliphatic carbocycles. The molecule has 42 heavy (non-hydrogen) atoms. The van der Waals surface area contributed by atoms with Crippen molar-refractivity contribution in [3.63, 3.8) is 0 Å². The fraction of sp³-hybridized carbons (Fsp3) is 0.237. The molecule has 4 heterocycles. The van der Waals surface area contributed by atoms with Crippen LogP contribution in [0.25, 0.3) is 33.2 Å². The van der Waals surface area contributed by atoms with Gasteiger partial charge in [0.15, 0.2) is 0 Å². The number of halogens is 1. The van der Waals surface area contributed by atoms with E-state index in [1.807, 2.05) is 30.5 Å². The standard InChI is InChI=1S/C38H37N2O.BrH/c1-2-28-26-40(20-18-31(28)24-37(40)38(41)35-17-19-39-36-16-10-9-15-34(35)36)25-27-21-32(29-11-5-3-6-12-29)23-33(22-27)30-13-7-4-8-14-30;/h2-17,19,21-23,28,31,37-38,41H,1,18,20,24-26H2;1H/q+1;/p-1/t28?,31?,37?,38?,40-;/m1./s1. The number of hydrogen-bond acceptors (Lipinski definition) is 2. The molecule has 4 aromatic carbocycles. The number of aromatic nitrogens is 1. The van der Waals surface area contributed by atoms with E-state index in [0.717, 1.165) is 47.0 Å². The summed E-state index contributed by atoms with van der Waals surface area (Å²) in [4.78, 5) is 4.58. The molecule has 0 amide bonds. The van der Waals surface area contributed by atoms with Crippen molar-refractivity contribution in [3.8, 4) is 22.3 Å². The topological polar surface area (TPSA) is 33.1 Å². The first-order valence-corrected chi connectivity index (χ1v) is 14.9. The lowest BCUT2D eigenvalue weighted by atomic mass is 9.71. The summed E-state index contributed by atoms with van der Waals surface area (Å²) in [5, 5.41) is 13.2. The number of rotatable bonds is 7. The lowest BCUT2D eigenvalue weighted by molar-refractivity contribution is -0.984. The van der Waals surface area contributed by atoms with Crippen molar-refractivity contribution >= 4 is 10.9 Å². The van der Waals surface area contributed by atoms with Crippen LogP contribution < -0.4 is 17.0 Å². The minimum Gasteiger partial charge on any atom is -1.00 e. The second-order valence-corrected chi connectivity index (χ2v) is 12.0. The monoisotopic (exact) mass is 616 g/mol. The van der Waals surface area contributed by atoms with Crippen molar-refractivity contribution in [3.05, 3.63) is 139 Å². The highest BCUT2D eigenvalue weighted by Gasteiger charge is 2.54. The zero-order chi connectivity index (χ0) is 27.8. The van der Waals surface area contributed by atoms with Crippen LogP contribution in [0.5, 0.6) is 0 Å². The van der Waals surface area contributed by atoms with Gasteiger partial charge in [0.2, 0.25) is 0 Å². The van der Waals surface area contributed by atoms with Gasteiger partial charge in [0, 0.05) is 35.9 Å². The van der Waals surface area contributed by atoms with E-state index in [-0.39, 0.29) is 23.0 Å². The molecule has 1 N–H and O–H groups in total. The molecule has 4 unspecified atom stereocenters. The van der Waals surface area contributed by atoms with Crippen LogP contribution >= 0.6 is 0 Å². The van der Waals surface area contributed by atoms with E-state index in [0.29, 0.717) is 11.8 Å². The summed E-state index contributed by atoms with van der Waals surface area (Å²) in [6.45, 7) is 7.23. The van der Waals surface area contributed by atoms with Crippen molar-refractivity contribution in [1.29, 1.82) is 0 Å². The molecule has 8 rings (SSSR count). The minimum absolute atomic E-state index is 0. The Kier molecular flexibility index (Phi) is 8.13. The van der Waals surface area contributed by atoms with Gasteiger partial charge in [0.05, 0.1) is 18.6 Å². The van der Waals surface area contributed by atoms with E-state index in [9.17, 15) is 5.11 Å². The third-order valence-corrected chi connectivity index (χ3v) is 9.75. The minimum atomic E-state index is -0.553. The average Bonchev–Trinajstić information content (AvgIpc) is 3.04. The number of benzene rings is 4. The molecule has 4 heteroatoms. The molecule has 0 radical (unpaired) electrons. The summed E-state index contributed by atoms with van der Waals surface area (Å²) in [5.74, 6) is 1.06. The Labute approximate surface area is 259 Å². The molecule has 1 aromatic heterocycles. The van der Waals surface area contributed by atoms with Crippen LogP contribution in [0.4, 0.5) is 0 Å². The first kappa shape index (κ1) is 28.5. The molecule has 3 aliphatic rings. The number of pyridine rings is 1. The summed E-state index contributed by atoms with van der Waals surface area (Å²) >= 11 is 0. The van der Waals surface area contributed by atoms with Crippen LogP contribution in [-0.4, -0.2) is 33.7 Å². The van der Waals surface area contributed by atoms with Crippen molar-refractivity contribution in [2.24, 2.45) is 11.8 Å². The SMILES string of the molecule is C=CC1C[N@+]2(Cc3cc(-c4ccccc4)cc(-c4ccccc4)c3)CCC1CC2C(O)c1ccnc2ccccc12.[Br-]. The van der Waals surface area contributed by atoms with Gasteiger partial charge in [-0.1, -0.05) is 84.9 Å². The van der Waals surface area contributed by atoms with Gasteiger partial charge in [-0.3, -0.25) is 4.98 Å². The van der Waals surface area contributed by atoms with Gasteiger partial charge in [-0.05, 0) is 64.1 Å². The Bertz CT molecular complexity index is 1630. The number of nitrogens with zero attached hydrogens (tertiary/aromatic N) is 2. The van der Waals surface area contributed by atoms with Crippen LogP contribution in [0.3, 0.4) is 0 Å². The number of para-hydroxylation sites is 1. The fourth-order valence-corrected chi connectivity index (χ4v) is 7.71. The third-order valence-electron chi connectivity index (χ3n) is 9.75. The van der Waals surface area contributed by atoms with E-state index >= 15 is 0 Å². The summed E-state index contributed by atoms with van der Waals surface area (Å²) in [5.41, 5.74) is 8.21. The van der Waals surface area contributed by atoms with Gasteiger partial charge in [0.1, 0.15) is 18.7 Å². The van der Waals surface area contributed by atoms with E-state index in [2.05, 4.69) is 103 Å². The van der Waals surface area contributed by atoms with E-state index in [1.54, 1.807) is 0 Å². The fourth-order valence-electron chi connectivity index (χ4n) is 7.71. The first-order chi connectivity index (χ1) is 20.1. The van der Waals surface area contributed by atoms with Gasteiger partial charge in [-0.15, -0.1) is 6.58 Å². The summed E-state index contributed by atoms with van der Waals surface area (Å²) < 4.78 is 0.886. The second kappa shape index (κ2) is 12.0. The van der Waals surface area contributed by atoms with E-state index < -0.39 is 6.10 Å². The Morgan fingerprint density at radius 2 is 1.48 bits per heavy atom. The Morgan fingerprint density at radius 3 is 2.14 bits per heavy atom. The highest BCUT2D eigenvalue weighted by Crippen LogP contribution is 2.48. The maximum Gasteiger partial charge on any atom is 0.131 e. The lowest BCUT2D eigenvalue weighted by Gasteiger charge is -2.58. The van der Waals surface area contributed by atoms with Gasteiger partial charge >= 0.3 is 0 Å². The Morgan fingerprint density at radius 1 is 0.833 bits per heavy atom. The average molecular weight is 618 g/mol. The molecule has 3 fully saturated rings. The van der Waals surface area contributed by atoms with Crippen LogP contribution in [0.15, 0.2) is 128 Å². The molecule has 212 valence electrons. The maximum atomic E-state index is 12.2. The molecular weight excluding hydrogens is 580 g/mol. The molecule has 2 bridgehead atoms. The number of piperidine rings is 3. The number of hydrogen-bond donors (Lipinski definition) is 1. The zero-order valence-corrected chi connectivity index (χ0v) is 25.4. The largest absolute Gasteiger partial charge is 1.00 e. The van der Waals surface area contributed by atoms with Gasteiger partial charge in [0.25, 0.3) is 0 Å². The molecule has 3 saturated heterocycles. The number of aliphatic hydroxyl groups excluding tert-OH is 1. The van der Waals surface area contributed by atoms with Crippen molar-refractivity contribution in [2.45, 2.75) is 31.5 Å². The zero-order valence-electron chi connectivity index (χ0n) is 23.8. The Balaban J connectivity index is 0.00000316. The quantitative estimate of drug-likeness (QED) is 0.201. The van der Waals surface area contributed by atoms with Gasteiger partial charge in [-0.2, -0.15) is 0 Å². The van der Waals surface area contributed by atoms with Crippen LogP contribution in [0, 0.1) is 11.8 Å². The summed E-state index contributed by atoms with van der Waals surface area (Å²) in [6.07, 6.45) is 5.67. The van der Waals surface area contributed by atoms with Crippen LogP contribution in [0.2, 0.25) is 0 Å². The second-order valence-electron chi connectivity index (χ2n) is 12.0. The van der Waals surface area contributed by atoms with E-state index in [1.165, 1.54) is 34.2 Å². The normalized spacial score (nSPS) is 23.7. The smallest absolute Gasteiger partial charge is 0.131 e. The van der Waals surface area contributed by atoms with Crippen molar-refractivity contribution in [1.82, 2.24) is 4.98 Å². The van der Waals surface area contributed by atoms with Gasteiger partial charge < -0.3 is 26.6 Å². The molecular formula is C38H37BrN2O.